The van der Waals surface area contributed by atoms with Crippen LogP contribution in [-0.2, 0) is 20.0 Å². The average Bonchev–Trinajstić information content (AvgIpc) is 2.58. The van der Waals surface area contributed by atoms with Gasteiger partial charge in [-0.1, -0.05) is 23.9 Å². The van der Waals surface area contributed by atoms with E-state index >= 15 is 0 Å². The summed E-state index contributed by atoms with van der Waals surface area (Å²) in [4.78, 5) is 11.8. The van der Waals surface area contributed by atoms with Crippen molar-refractivity contribution < 1.29 is 23.5 Å². The van der Waals surface area contributed by atoms with Gasteiger partial charge in [0.15, 0.2) is 6.29 Å². The van der Waals surface area contributed by atoms with Crippen molar-refractivity contribution in [1.29, 1.82) is 0 Å². The summed E-state index contributed by atoms with van der Waals surface area (Å²) < 4.78 is 27.3. The van der Waals surface area contributed by atoms with Gasteiger partial charge < -0.3 is 18.9 Å². The number of ether oxygens (including phenoxy) is 2. The molecule has 2 rings (SSSR count). The fourth-order valence-corrected chi connectivity index (χ4v) is 4.09. The molecule has 0 aliphatic carbocycles. The zero-order valence-electron chi connectivity index (χ0n) is 14.5. The van der Waals surface area contributed by atoms with Crippen LogP contribution in [0.25, 0.3) is 0 Å². The Labute approximate surface area is 152 Å². The molecule has 5 nitrogen and oxygen atoms in total. The van der Waals surface area contributed by atoms with E-state index in [2.05, 4.69) is 0 Å². The van der Waals surface area contributed by atoms with Crippen molar-refractivity contribution in [3.8, 4) is 5.75 Å². The summed E-state index contributed by atoms with van der Waals surface area (Å²) >= 11 is 1.61. The van der Waals surface area contributed by atoms with Gasteiger partial charge in [-0.15, -0.1) is 0 Å². The first-order valence-electron chi connectivity index (χ1n) is 7.94. The van der Waals surface area contributed by atoms with Crippen LogP contribution in [0.3, 0.4) is 0 Å². The first kappa shape index (κ1) is 20.0. The van der Waals surface area contributed by atoms with Gasteiger partial charge >= 0.3 is 7.60 Å². The largest absolute Gasteiger partial charge is 0.465 e. The normalized spacial score (nSPS) is 14.7. The summed E-state index contributed by atoms with van der Waals surface area (Å²) in [6, 6.07) is 15.3. The van der Waals surface area contributed by atoms with Gasteiger partial charge in [0.05, 0.1) is 12.8 Å². The highest BCUT2D eigenvalue weighted by Gasteiger charge is 2.18. The van der Waals surface area contributed by atoms with Crippen molar-refractivity contribution >= 4 is 19.4 Å². The molecule has 0 saturated carbocycles. The van der Waals surface area contributed by atoms with Crippen molar-refractivity contribution in [1.82, 2.24) is 0 Å². The quantitative estimate of drug-likeness (QED) is 0.490. The average molecular weight is 382 g/mol. The first-order valence-corrected chi connectivity index (χ1v) is 10.5. The van der Waals surface area contributed by atoms with E-state index in [0.29, 0.717) is 0 Å². The Kier molecular flexibility index (Phi) is 7.54. The Hall–Kier alpha value is -1.30. The molecule has 0 amide bonds. The van der Waals surface area contributed by atoms with Crippen molar-refractivity contribution in [3.05, 3.63) is 54.1 Å². The highest BCUT2D eigenvalue weighted by atomic mass is 32.2. The molecule has 136 valence electrons. The van der Waals surface area contributed by atoms with E-state index < -0.39 is 7.60 Å². The van der Waals surface area contributed by atoms with Crippen LogP contribution in [0.2, 0.25) is 0 Å². The van der Waals surface area contributed by atoms with Crippen molar-refractivity contribution in [2.24, 2.45) is 0 Å². The summed E-state index contributed by atoms with van der Waals surface area (Å²) in [5.74, 6) is 0.753. The van der Waals surface area contributed by atoms with Crippen LogP contribution in [0.5, 0.6) is 5.75 Å². The second-order valence-corrected chi connectivity index (χ2v) is 8.35. The summed E-state index contributed by atoms with van der Waals surface area (Å²) in [7, 11) is -1.95. The summed E-state index contributed by atoms with van der Waals surface area (Å²) in [5.41, 5.74) is 0.779. The van der Waals surface area contributed by atoms with E-state index in [0.717, 1.165) is 21.1 Å². The van der Waals surface area contributed by atoms with Crippen LogP contribution in [0.4, 0.5) is 0 Å². The molecular formula is C18H23O5PS. The number of rotatable bonds is 9. The van der Waals surface area contributed by atoms with Gasteiger partial charge in [-0.25, -0.2) is 0 Å². The van der Waals surface area contributed by atoms with Gasteiger partial charge in [0.2, 0.25) is 0 Å². The maximum atomic E-state index is 11.8. The third kappa shape index (κ3) is 6.84. The van der Waals surface area contributed by atoms with E-state index in [9.17, 15) is 9.46 Å². The first-order chi connectivity index (χ1) is 11.9. The molecule has 0 spiro atoms. The van der Waals surface area contributed by atoms with Gasteiger partial charge in [-0.2, -0.15) is 0 Å². The second kappa shape index (κ2) is 9.41. The van der Waals surface area contributed by atoms with Gasteiger partial charge in [0.1, 0.15) is 5.75 Å². The van der Waals surface area contributed by atoms with E-state index in [1.54, 1.807) is 25.8 Å². The predicted molar refractivity (Wildman–Crippen MR) is 99.3 cm³/mol. The van der Waals surface area contributed by atoms with E-state index in [1.807, 2.05) is 55.5 Å². The molecule has 25 heavy (non-hydrogen) atoms. The lowest BCUT2D eigenvalue weighted by molar-refractivity contribution is -0.0383. The molecule has 7 heteroatoms. The van der Waals surface area contributed by atoms with Crippen LogP contribution in [0.15, 0.2) is 58.3 Å². The van der Waals surface area contributed by atoms with Gasteiger partial charge in [0.25, 0.3) is 0 Å². The Morgan fingerprint density at radius 3 is 2.16 bits per heavy atom. The van der Waals surface area contributed by atoms with E-state index in [-0.39, 0.29) is 19.1 Å². The van der Waals surface area contributed by atoms with Crippen LogP contribution >= 0.6 is 19.4 Å². The Morgan fingerprint density at radius 2 is 1.64 bits per heavy atom. The van der Waals surface area contributed by atoms with E-state index in [1.165, 1.54) is 0 Å². The smallest absolute Gasteiger partial charge is 0.332 e. The van der Waals surface area contributed by atoms with Crippen LogP contribution in [0.1, 0.15) is 19.4 Å². The minimum absolute atomic E-state index is 0.0233. The number of benzene rings is 2. The summed E-state index contributed by atoms with van der Waals surface area (Å²) in [6.45, 7) is 3.76. The molecule has 0 aliphatic heterocycles. The highest BCUT2D eigenvalue weighted by Crippen LogP contribution is 2.45. The number of hydrogen-bond donors (Lipinski definition) is 1. The van der Waals surface area contributed by atoms with Gasteiger partial charge in [-0.3, -0.25) is 4.57 Å². The minimum atomic E-state index is -3.55. The molecular weight excluding hydrogens is 359 g/mol. The van der Waals surface area contributed by atoms with Gasteiger partial charge in [-0.05, 0) is 55.8 Å². The molecule has 0 heterocycles. The number of hydrogen-bond acceptors (Lipinski definition) is 5. The third-order valence-electron chi connectivity index (χ3n) is 3.33. The predicted octanol–water partition coefficient (Wildman–Crippen LogP) is 4.93. The maximum absolute atomic E-state index is 11.8. The summed E-state index contributed by atoms with van der Waals surface area (Å²) in [6.07, 6.45) is -0.264. The third-order valence-corrected chi connectivity index (χ3v) is 5.77. The highest BCUT2D eigenvalue weighted by molar-refractivity contribution is 7.99. The Bertz CT molecular complexity index is 702. The Balaban J connectivity index is 1.96. The summed E-state index contributed by atoms with van der Waals surface area (Å²) in [5, 5.41) is 0. The topological polar surface area (TPSA) is 65.0 Å². The monoisotopic (exact) mass is 382 g/mol. The molecule has 2 aromatic rings. The molecule has 0 fully saturated rings. The lowest BCUT2D eigenvalue weighted by Crippen LogP contribution is -2.13. The fraction of sp³-hybridized carbons (Fsp3) is 0.333. The molecule has 0 radical (unpaired) electrons. The molecule has 2 unspecified atom stereocenters. The fourth-order valence-electron chi connectivity index (χ4n) is 2.10. The zero-order chi connectivity index (χ0) is 18.3. The standard InChI is InChI=1S/C18H23O5PS/c1-4-22-24(19,20)13-15-5-9-17(10-6-15)25-18-11-7-16(8-12-18)23-14(2)21-3/h5-12,14H,4,13H2,1-3H3,(H,19,20). The molecule has 2 aromatic carbocycles. The maximum Gasteiger partial charge on any atom is 0.332 e. The zero-order valence-corrected chi connectivity index (χ0v) is 16.3. The SMILES string of the molecule is CCOP(=O)(O)Cc1ccc(Sc2ccc(OC(C)OC)cc2)cc1. The molecule has 1 N–H and O–H groups in total. The number of methoxy groups -OCH3 is 1. The molecule has 2 atom stereocenters. The van der Waals surface area contributed by atoms with Crippen LogP contribution in [0, 0.1) is 0 Å². The lowest BCUT2D eigenvalue weighted by atomic mass is 10.2. The van der Waals surface area contributed by atoms with E-state index in [4.69, 9.17) is 14.0 Å². The molecule has 0 aromatic heterocycles. The van der Waals surface area contributed by atoms with Crippen molar-refractivity contribution in [2.75, 3.05) is 13.7 Å². The minimum Gasteiger partial charge on any atom is -0.465 e. The second-order valence-electron chi connectivity index (χ2n) is 5.35. The van der Waals surface area contributed by atoms with Crippen LogP contribution < -0.4 is 4.74 Å². The Morgan fingerprint density at radius 1 is 1.08 bits per heavy atom. The van der Waals surface area contributed by atoms with Gasteiger partial charge in [0, 0.05) is 16.9 Å². The molecule has 0 bridgehead atoms. The van der Waals surface area contributed by atoms with Crippen molar-refractivity contribution in [2.45, 2.75) is 36.1 Å². The van der Waals surface area contributed by atoms with Crippen molar-refractivity contribution in [3.63, 3.8) is 0 Å². The molecule has 0 aliphatic rings. The molecule has 0 saturated heterocycles. The lowest BCUT2D eigenvalue weighted by Gasteiger charge is -2.13. The van der Waals surface area contributed by atoms with Crippen LogP contribution in [-0.4, -0.2) is 24.9 Å².